The van der Waals surface area contributed by atoms with Crippen LogP contribution in [0.3, 0.4) is 0 Å². The first-order valence-electron chi connectivity index (χ1n) is 8.37. The monoisotopic (exact) mass is 408 g/mol. The predicted octanol–water partition coefficient (Wildman–Crippen LogP) is 4.64. The third-order valence-corrected chi connectivity index (χ3v) is 4.96. The smallest absolute Gasteiger partial charge is 0.406 e. The number of halogens is 3. The number of rotatable bonds is 7. The Hall–Kier alpha value is -2.66. The maximum Gasteiger partial charge on any atom is 0.406 e. The van der Waals surface area contributed by atoms with Crippen LogP contribution < -0.4 is 4.74 Å². The largest absolute Gasteiger partial charge is 0.497 e. The minimum Gasteiger partial charge on any atom is -0.497 e. The van der Waals surface area contributed by atoms with Gasteiger partial charge in [-0.3, -0.25) is 4.79 Å². The molecule has 0 saturated heterocycles. The number of hydrogen-bond acceptors (Lipinski definition) is 4. The van der Waals surface area contributed by atoms with Crippen molar-refractivity contribution in [1.29, 1.82) is 5.26 Å². The molecule has 0 bridgehead atoms. The molecule has 0 spiro atoms. The minimum atomic E-state index is -4.51. The van der Waals surface area contributed by atoms with Crippen molar-refractivity contribution in [3.8, 4) is 11.8 Å². The van der Waals surface area contributed by atoms with Crippen molar-refractivity contribution in [2.75, 3.05) is 13.7 Å². The van der Waals surface area contributed by atoms with E-state index in [4.69, 9.17) is 10.00 Å². The van der Waals surface area contributed by atoms with Gasteiger partial charge in [-0.05, 0) is 48.9 Å². The van der Waals surface area contributed by atoms with Crippen molar-refractivity contribution in [2.45, 2.75) is 29.8 Å². The van der Waals surface area contributed by atoms with Gasteiger partial charge in [0, 0.05) is 11.4 Å². The fourth-order valence-corrected chi connectivity index (χ4v) is 3.45. The molecule has 0 aliphatic heterocycles. The molecule has 0 aliphatic rings. The number of hydrogen-bond donors (Lipinski definition) is 0. The Bertz CT molecular complexity index is 831. The SMILES string of the molecule is COc1ccc(SC(C)C(=O)N(Cc2ccc(C#N)cc2)CC(F)(F)F)cc1. The van der Waals surface area contributed by atoms with Crippen LogP contribution in [0, 0.1) is 11.3 Å². The molecule has 1 amide bonds. The number of thioether (sulfide) groups is 1. The second-order valence-electron chi connectivity index (χ2n) is 6.05. The summed E-state index contributed by atoms with van der Waals surface area (Å²) in [5.41, 5.74) is 0.930. The second-order valence-corrected chi connectivity index (χ2v) is 7.47. The number of ether oxygens (including phenoxy) is 1. The molecule has 0 aromatic heterocycles. The first-order chi connectivity index (χ1) is 13.2. The molecule has 2 aromatic carbocycles. The molecule has 0 fully saturated rings. The van der Waals surface area contributed by atoms with Crippen molar-refractivity contribution < 1.29 is 22.7 Å². The number of alkyl halides is 3. The van der Waals surface area contributed by atoms with Crippen LogP contribution in [0.1, 0.15) is 18.1 Å². The third-order valence-electron chi connectivity index (χ3n) is 3.86. The van der Waals surface area contributed by atoms with E-state index in [1.54, 1.807) is 43.3 Å². The van der Waals surface area contributed by atoms with E-state index in [-0.39, 0.29) is 6.54 Å². The molecule has 8 heteroatoms. The van der Waals surface area contributed by atoms with E-state index < -0.39 is 23.9 Å². The topological polar surface area (TPSA) is 53.3 Å². The number of carbonyl (C=O) groups excluding carboxylic acids is 1. The minimum absolute atomic E-state index is 0.183. The van der Waals surface area contributed by atoms with Gasteiger partial charge in [-0.2, -0.15) is 18.4 Å². The van der Waals surface area contributed by atoms with Gasteiger partial charge in [0.2, 0.25) is 5.91 Å². The van der Waals surface area contributed by atoms with Gasteiger partial charge in [0.15, 0.2) is 0 Å². The van der Waals surface area contributed by atoms with Gasteiger partial charge >= 0.3 is 6.18 Å². The van der Waals surface area contributed by atoms with Gasteiger partial charge in [0.05, 0.1) is 24.0 Å². The Morgan fingerprint density at radius 2 is 1.79 bits per heavy atom. The lowest BCUT2D eigenvalue weighted by atomic mass is 10.1. The molecule has 0 N–H and O–H groups in total. The molecule has 1 atom stereocenters. The average molecular weight is 408 g/mol. The van der Waals surface area contributed by atoms with Gasteiger partial charge in [-0.25, -0.2) is 0 Å². The van der Waals surface area contributed by atoms with Crippen LogP contribution in [0.4, 0.5) is 13.2 Å². The summed E-state index contributed by atoms with van der Waals surface area (Å²) in [4.78, 5) is 14.3. The van der Waals surface area contributed by atoms with Gasteiger partial charge in [-0.1, -0.05) is 12.1 Å². The average Bonchev–Trinajstić information content (AvgIpc) is 2.67. The van der Waals surface area contributed by atoms with E-state index in [9.17, 15) is 18.0 Å². The van der Waals surface area contributed by atoms with Crippen LogP contribution in [-0.2, 0) is 11.3 Å². The summed E-state index contributed by atoms with van der Waals surface area (Å²) in [6, 6.07) is 15.0. The van der Waals surface area contributed by atoms with E-state index in [1.807, 2.05) is 6.07 Å². The lowest BCUT2D eigenvalue weighted by Gasteiger charge is -2.27. The van der Waals surface area contributed by atoms with Crippen molar-refractivity contribution in [3.63, 3.8) is 0 Å². The summed E-state index contributed by atoms with van der Waals surface area (Å²) in [5, 5.41) is 8.12. The highest BCUT2D eigenvalue weighted by atomic mass is 32.2. The van der Waals surface area contributed by atoms with E-state index in [0.29, 0.717) is 16.9 Å². The highest BCUT2D eigenvalue weighted by molar-refractivity contribution is 8.00. The first-order valence-corrected chi connectivity index (χ1v) is 9.25. The molecular weight excluding hydrogens is 389 g/mol. The second kappa shape index (κ2) is 9.51. The Labute approximate surface area is 165 Å². The molecule has 148 valence electrons. The fraction of sp³-hybridized carbons (Fsp3) is 0.300. The molecule has 0 aliphatic carbocycles. The van der Waals surface area contributed by atoms with Crippen molar-refractivity contribution in [2.24, 2.45) is 0 Å². The summed E-state index contributed by atoms with van der Waals surface area (Å²) in [6.07, 6.45) is -4.51. The number of nitriles is 1. The van der Waals surface area contributed by atoms with Gasteiger partial charge in [0.1, 0.15) is 12.3 Å². The number of carbonyl (C=O) groups is 1. The number of amides is 1. The summed E-state index contributed by atoms with van der Waals surface area (Å²) in [7, 11) is 1.53. The van der Waals surface area contributed by atoms with Gasteiger partial charge < -0.3 is 9.64 Å². The molecule has 2 aromatic rings. The fourth-order valence-electron chi connectivity index (χ4n) is 2.50. The molecule has 1 unspecified atom stereocenters. The van der Waals surface area contributed by atoms with E-state index in [0.717, 1.165) is 9.80 Å². The molecule has 4 nitrogen and oxygen atoms in total. The summed E-state index contributed by atoms with van der Waals surface area (Å²) >= 11 is 1.18. The normalized spacial score (nSPS) is 12.1. The van der Waals surface area contributed by atoms with Crippen LogP contribution in [0.25, 0.3) is 0 Å². The summed E-state index contributed by atoms with van der Waals surface area (Å²) in [5.74, 6) is 0.0466. The maximum absolute atomic E-state index is 13.0. The Kier molecular flexibility index (Phi) is 7.35. The zero-order valence-electron chi connectivity index (χ0n) is 15.4. The van der Waals surface area contributed by atoms with Crippen molar-refractivity contribution in [3.05, 3.63) is 59.7 Å². The molecule has 0 saturated carbocycles. The zero-order chi connectivity index (χ0) is 20.7. The highest BCUT2D eigenvalue weighted by Gasteiger charge is 2.34. The Morgan fingerprint density at radius 3 is 2.29 bits per heavy atom. The third kappa shape index (κ3) is 6.50. The van der Waals surface area contributed by atoms with Crippen LogP contribution in [0.15, 0.2) is 53.4 Å². The quantitative estimate of drug-likeness (QED) is 0.627. The van der Waals surface area contributed by atoms with E-state index in [1.165, 1.54) is 31.0 Å². The van der Waals surface area contributed by atoms with Crippen molar-refractivity contribution in [1.82, 2.24) is 4.90 Å². The lowest BCUT2D eigenvalue weighted by molar-refractivity contribution is -0.161. The maximum atomic E-state index is 13.0. The van der Waals surface area contributed by atoms with Crippen molar-refractivity contribution >= 4 is 17.7 Å². The van der Waals surface area contributed by atoms with Crippen LogP contribution in [-0.4, -0.2) is 35.9 Å². The standard InChI is InChI=1S/C20H19F3N2O2S/c1-14(28-18-9-7-17(27-2)8-10-18)19(26)25(13-20(21,22)23)12-16-5-3-15(11-24)4-6-16/h3-10,14H,12-13H2,1-2H3. The summed E-state index contributed by atoms with van der Waals surface area (Å²) < 4.78 is 44.1. The number of methoxy groups -OCH3 is 1. The summed E-state index contributed by atoms with van der Waals surface area (Å²) in [6.45, 7) is 0.0658. The lowest BCUT2D eigenvalue weighted by Crippen LogP contribution is -2.42. The Morgan fingerprint density at radius 1 is 1.18 bits per heavy atom. The van der Waals surface area contributed by atoms with Gasteiger partial charge in [0.25, 0.3) is 0 Å². The molecule has 28 heavy (non-hydrogen) atoms. The first kappa shape index (κ1) is 21.6. The van der Waals surface area contributed by atoms with Gasteiger partial charge in [-0.15, -0.1) is 11.8 Å². The Balaban J connectivity index is 2.13. The van der Waals surface area contributed by atoms with E-state index >= 15 is 0 Å². The predicted molar refractivity (Wildman–Crippen MR) is 101 cm³/mol. The number of benzene rings is 2. The van der Waals surface area contributed by atoms with Crippen LogP contribution in [0.5, 0.6) is 5.75 Å². The van der Waals surface area contributed by atoms with E-state index in [2.05, 4.69) is 0 Å². The molecule has 0 radical (unpaired) electrons. The van der Waals surface area contributed by atoms with Crippen LogP contribution >= 0.6 is 11.8 Å². The highest BCUT2D eigenvalue weighted by Crippen LogP contribution is 2.28. The zero-order valence-corrected chi connectivity index (χ0v) is 16.2. The molecule has 0 heterocycles. The number of nitrogens with zero attached hydrogens (tertiary/aromatic N) is 2. The molecular formula is C20H19F3N2O2S. The molecule has 2 rings (SSSR count). The van der Waals surface area contributed by atoms with Crippen LogP contribution in [0.2, 0.25) is 0 Å².